The Morgan fingerprint density at radius 3 is 2.32 bits per heavy atom. The summed E-state index contributed by atoms with van der Waals surface area (Å²) in [5.74, 6) is 0.0745. The summed E-state index contributed by atoms with van der Waals surface area (Å²) in [4.78, 5) is 11.4. The van der Waals surface area contributed by atoms with E-state index in [1.807, 2.05) is 27.7 Å². The first kappa shape index (κ1) is 18.1. The van der Waals surface area contributed by atoms with Gasteiger partial charge in [0.15, 0.2) is 0 Å². The minimum Gasteiger partial charge on any atom is -0.508 e. The van der Waals surface area contributed by atoms with E-state index in [1.165, 1.54) is 6.07 Å². The van der Waals surface area contributed by atoms with Gasteiger partial charge in [0.2, 0.25) is 0 Å². The van der Waals surface area contributed by atoms with Crippen LogP contribution < -0.4 is 10.6 Å². The third-order valence-corrected chi connectivity index (χ3v) is 2.90. The quantitative estimate of drug-likeness (QED) is 0.606. The lowest BCUT2D eigenvalue weighted by Crippen LogP contribution is -2.34. The number of alkyl carbamates (subject to hydrolysis) is 1. The van der Waals surface area contributed by atoms with Crippen molar-refractivity contribution in [3.05, 3.63) is 23.8 Å². The van der Waals surface area contributed by atoms with E-state index in [2.05, 4.69) is 10.6 Å². The Balaban J connectivity index is 2.25. The topological polar surface area (TPSA) is 90.8 Å². The third kappa shape index (κ3) is 7.17. The molecular formula is C16H26N2O4. The van der Waals surface area contributed by atoms with Gasteiger partial charge in [-0.25, -0.2) is 4.79 Å². The molecule has 4 N–H and O–H groups in total. The molecule has 0 aliphatic carbocycles. The number of carbonyl (C=O) groups is 1. The molecule has 0 radical (unpaired) electrons. The average molecular weight is 310 g/mol. The fourth-order valence-corrected chi connectivity index (χ4v) is 1.90. The monoisotopic (exact) mass is 310 g/mol. The van der Waals surface area contributed by atoms with Gasteiger partial charge in [-0.3, -0.25) is 0 Å². The number of carbonyl (C=O) groups excluding carboxylic acids is 1. The summed E-state index contributed by atoms with van der Waals surface area (Å²) in [6.07, 6.45) is 0.326. The molecule has 0 aromatic heterocycles. The van der Waals surface area contributed by atoms with E-state index in [0.717, 1.165) is 12.0 Å². The molecule has 1 aromatic rings. The number of aromatic hydroxyl groups is 2. The number of amides is 1. The van der Waals surface area contributed by atoms with E-state index < -0.39 is 11.7 Å². The number of hydrogen-bond donors (Lipinski definition) is 4. The minimum atomic E-state index is -0.492. The highest BCUT2D eigenvalue weighted by molar-refractivity contribution is 5.67. The molecule has 0 heterocycles. The van der Waals surface area contributed by atoms with Gasteiger partial charge in [-0.2, -0.15) is 0 Å². The zero-order valence-corrected chi connectivity index (χ0v) is 13.6. The summed E-state index contributed by atoms with van der Waals surface area (Å²) in [5, 5.41) is 24.9. The second-order valence-electron chi connectivity index (χ2n) is 6.24. The summed E-state index contributed by atoms with van der Waals surface area (Å²) < 4.78 is 5.14. The Morgan fingerprint density at radius 1 is 1.18 bits per heavy atom. The van der Waals surface area contributed by atoms with Gasteiger partial charge in [-0.05, 0) is 58.4 Å². The maximum absolute atomic E-state index is 11.4. The van der Waals surface area contributed by atoms with E-state index in [4.69, 9.17) is 4.74 Å². The van der Waals surface area contributed by atoms with Gasteiger partial charge < -0.3 is 25.6 Å². The van der Waals surface area contributed by atoms with E-state index in [1.54, 1.807) is 12.1 Å². The number of phenolic OH excluding ortho intramolecular Hbond substituents is 2. The van der Waals surface area contributed by atoms with Crippen LogP contribution in [0.5, 0.6) is 11.5 Å². The first-order chi connectivity index (χ1) is 10.2. The molecule has 1 amide bonds. The molecule has 6 heteroatoms. The highest BCUT2D eigenvalue weighted by atomic mass is 16.6. The Bertz CT molecular complexity index is 477. The lowest BCUT2D eigenvalue weighted by atomic mass is 10.1. The second kappa shape index (κ2) is 7.89. The fraction of sp³-hybridized carbons (Fsp3) is 0.562. The zero-order chi connectivity index (χ0) is 16.8. The van der Waals surface area contributed by atoms with E-state index in [-0.39, 0.29) is 17.5 Å². The van der Waals surface area contributed by atoms with Crippen LogP contribution >= 0.6 is 0 Å². The third-order valence-electron chi connectivity index (χ3n) is 2.90. The summed E-state index contributed by atoms with van der Waals surface area (Å²) in [6.45, 7) is 8.60. The van der Waals surface area contributed by atoms with Gasteiger partial charge in [-0.1, -0.05) is 0 Å². The average Bonchev–Trinajstić information content (AvgIpc) is 2.34. The molecule has 1 aromatic carbocycles. The summed E-state index contributed by atoms with van der Waals surface area (Å²) in [5.41, 5.74) is 0.311. The normalized spacial score (nSPS) is 12.7. The number of ether oxygens (including phenoxy) is 1. The van der Waals surface area contributed by atoms with Gasteiger partial charge in [0.25, 0.3) is 0 Å². The highest BCUT2D eigenvalue weighted by Gasteiger charge is 2.15. The maximum atomic E-state index is 11.4. The van der Waals surface area contributed by atoms with Crippen molar-refractivity contribution in [3.8, 4) is 11.5 Å². The van der Waals surface area contributed by atoms with Gasteiger partial charge >= 0.3 is 6.09 Å². The van der Waals surface area contributed by atoms with Crippen LogP contribution in [0.1, 0.15) is 45.7 Å². The molecular weight excluding hydrogens is 284 g/mol. The Morgan fingerprint density at radius 2 is 1.77 bits per heavy atom. The van der Waals surface area contributed by atoms with Crippen LogP contribution in [0.2, 0.25) is 0 Å². The van der Waals surface area contributed by atoms with E-state index in [0.29, 0.717) is 13.1 Å². The first-order valence-electron chi connectivity index (χ1n) is 7.40. The standard InChI is InChI=1S/C16H26N2O4/c1-11(12-8-13(19)10-14(20)9-12)17-6-5-7-18-15(21)22-16(2,3)4/h8-11,17,19-20H,5-7H2,1-4H3,(H,18,21). The summed E-state index contributed by atoms with van der Waals surface area (Å²) in [7, 11) is 0. The van der Waals surface area contributed by atoms with Crippen molar-refractivity contribution >= 4 is 6.09 Å². The molecule has 124 valence electrons. The molecule has 0 saturated heterocycles. The Hall–Kier alpha value is -1.95. The molecule has 0 aliphatic heterocycles. The molecule has 1 unspecified atom stereocenters. The van der Waals surface area contributed by atoms with Crippen molar-refractivity contribution in [2.24, 2.45) is 0 Å². The minimum absolute atomic E-state index is 0.0143. The number of rotatable bonds is 6. The number of hydrogen-bond acceptors (Lipinski definition) is 5. The Kier molecular flexibility index (Phi) is 6.49. The van der Waals surface area contributed by atoms with Crippen molar-refractivity contribution in [2.45, 2.75) is 45.8 Å². The molecule has 0 saturated carbocycles. The molecule has 1 rings (SSSR count). The molecule has 0 spiro atoms. The maximum Gasteiger partial charge on any atom is 0.407 e. The van der Waals surface area contributed by atoms with Gasteiger partial charge in [0.05, 0.1) is 0 Å². The van der Waals surface area contributed by atoms with E-state index in [9.17, 15) is 15.0 Å². The lowest BCUT2D eigenvalue weighted by Gasteiger charge is -2.20. The summed E-state index contributed by atoms with van der Waals surface area (Å²) >= 11 is 0. The summed E-state index contributed by atoms with van der Waals surface area (Å²) in [6, 6.07) is 4.49. The van der Waals surface area contributed by atoms with Gasteiger partial charge in [0, 0.05) is 18.7 Å². The number of nitrogens with one attached hydrogen (secondary N) is 2. The van der Waals surface area contributed by atoms with Crippen LogP contribution in [0.15, 0.2) is 18.2 Å². The van der Waals surface area contributed by atoms with Crippen molar-refractivity contribution in [3.63, 3.8) is 0 Å². The Labute approximate surface area is 131 Å². The molecule has 22 heavy (non-hydrogen) atoms. The zero-order valence-electron chi connectivity index (χ0n) is 13.6. The molecule has 0 aliphatic rings. The van der Waals surface area contributed by atoms with Crippen molar-refractivity contribution in [1.82, 2.24) is 10.6 Å². The van der Waals surface area contributed by atoms with Crippen molar-refractivity contribution < 1.29 is 19.7 Å². The van der Waals surface area contributed by atoms with Gasteiger partial charge in [0.1, 0.15) is 17.1 Å². The lowest BCUT2D eigenvalue weighted by molar-refractivity contribution is 0.0527. The highest BCUT2D eigenvalue weighted by Crippen LogP contribution is 2.24. The van der Waals surface area contributed by atoms with Crippen LogP contribution in [0.25, 0.3) is 0 Å². The predicted octanol–water partition coefficient (Wildman–Crippen LogP) is 2.66. The predicted molar refractivity (Wildman–Crippen MR) is 85.0 cm³/mol. The van der Waals surface area contributed by atoms with Crippen LogP contribution in [-0.4, -0.2) is 35.0 Å². The molecule has 0 bridgehead atoms. The number of benzene rings is 1. The van der Waals surface area contributed by atoms with E-state index >= 15 is 0 Å². The molecule has 6 nitrogen and oxygen atoms in total. The SMILES string of the molecule is CC(NCCCNC(=O)OC(C)(C)C)c1cc(O)cc(O)c1. The second-order valence-corrected chi connectivity index (χ2v) is 6.24. The van der Waals surface area contributed by atoms with Crippen LogP contribution in [-0.2, 0) is 4.74 Å². The van der Waals surface area contributed by atoms with Crippen LogP contribution in [0.3, 0.4) is 0 Å². The molecule has 1 atom stereocenters. The largest absolute Gasteiger partial charge is 0.508 e. The molecule has 0 fully saturated rings. The van der Waals surface area contributed by atoms with Crippen LogP contribution in [0, 0.1) is 0 Å². The van der Waals surface area contributed by atoms with Crippen molar-refractivity contribution in [1.29, 1.82) is 0 Å². The number of phenols is 2. The fourth-order valence-electron chi connectivity index (χ4n) is 1.90. The van der Waals surface area contributed by atoms with Crippen molar-refractivity contribution in [2.75, 3.05) is 13.1 Å². The van der Waals surface area contributed by atoms with Crippen LogP contribution in [0.4, 0.5) is 4.79 Å². The smallest absolute Gasteiger partial charge is 0.407 e. The van der Waals surface area contributed by atoms with Gasteiger partial charge in [-0.15, -0.1) is 0 Å². The first-order valence-corrected chi connectivity index (χ1v) is 7.40.